The zero-order valence-electron chi connectivity index (χ0n) is 12.6. The zero-order chi connectivity index (χ0) is 17.1. The molecular formula is C15H14F2N4O2S. The topological polar surface area (TPSA) is 79.1 Å². The fourth-order valence-electron chi connectivity index (χ4n) is 2.15. The van der Waals surface area contributed by atoms with E-state index in [0.717, 1.165) is 5.56 Å². The molecule has 0 aliphatic rings. The summed E-state index contributed by atoms with van der Waals surface area (Å²) >= 11 is 1.27. The van der Waals surface area contributed by atoms with Crippen molar-refractivity contribution < 1.29 is 17.9 Å². The molecule has 0 aliphatic carbocycles. The van der Waals surface area contributed by atoms with Gasteiger partial charge in [0.2, 0.25) is 5.16 Å². The molecule has 0 fully saturated rings. The summed E-state index contributed by atoms with van der Waals surface area (Å²) in [7, 11) is 0. The molecule has 0 saturated carbocycles. The van der Waals surface area contributed by atoms with Gasteiger partial charge in [-0.15, -0.1) is 10.2 Å². The number of thioether (sulfide) groups is 1. The number of ether oxygens (including phenoxy) is 1. The number of furan rings is 1. The molecule has 0 aliphatic heterocycles. The minimum absolute atomic E-state index is 0.133. The predicted octanol–water partition coefficient (Wildman–Crippen LogP) is 3.45. The number of alkyl halides is 2. The summed E-state index contributed by atoms with van der Waals surface area (Å²) in [6.07, 6.45) is 1.55. The van der Waals surface area contributed by atoms with Gasteiger partial charge >= 0.3 is 6.61 Å². The molecule has 2 aromatic heterocycles. The van der Waals surface area contributed by atoms with Gasteiger partial charge in [-0.25, -0.2) is 4.68 Å². The summed E-state index contributed by atoms with van der Waals surface area (Å²) in [5, 5.41) is 8.55. The third-order valence-corrected chi connectivity index (χ3v) is 4.30. The highest BCUT2D eigenvalue weighted by Crippen LogP contribution is 2.30. The highest BCUT2D eigenvalue weighted by Gasteiger charge is 2.16. The van der Waals surface area contributed by atoms with Crippen LogP contribution in [0.25, 0.3) is 11.4 Å². The van der Waals surface area contributed by atoms with Gasteiger partial charge < -0.3 is 15.0 Å². The number of para-hydroxylation sites is 1. The number of nitrogen functional groups attached to an aromatic ring is 1. The maximum atomic E-state index is 12.4. The molecule has 0 radical (unpaired) electrons. The molecule has 0 amide bonds. The van der Waals surface area contributed by atoms with E-state index in [9.17, 15) is 8.78 Å². The Hall–Kier alpha value is -2.55. The number of aryl methyl sites for hydroxylation is 1. The van der Waals surface area contributed by atoms with Crippen LogP contribution >= 0.6 is 11.8 Å². The lowest BCUT2D eigenvalue weighted by atomic mass is 10.2. The van der Waals surface area contributed by atoms with E-state index in [1.165, 1.54) is 22.5 Å². The number of halogens is 2. The Morgan fingerprint density at radius 3 is 2.79 bits per heavy atom. The summed E-state index contributed by atoms with van der Waals surface area (Å²) < 4.78 is 36.0. The number of nitrogens with two attached hydrogens (primary N) is 1. The predicted molar refractivity (Wildman–Crippen MR) is 85.2 cm³/mol. The standard InChI is InChI=1S/C15H14F2N4O2S/c1-9-11(6-7-22-9)13-19-20-15(21(13)18)24-8-10-4-2-3-5-12(10)23-14(16)17/h2-7,14H,8,18H2,1H3. The number of hydrogen-bond donors (Lipinski definition) is 1. The molecule has 6 nitrogen and oxygen atoms in total. The van der Waals surface area contributed by atoms with Crippen LogP contribution in [0.5, 0.6) is 5.75 Å². The Balaban J connectivity index is 1.77. The van der Waals surface area contributed by atoms with Gasteiger partial charge in [0.25, 0.3) is 0 Å². The van der Waals surface area contributed by atoms with Gasteiger partial charge in [0.1, 0.15) is 11.5 Å². The van der Waals surface area contributed by atoms with Crippen molar-refractivity contribution in [2.24, 2.45) is 0 Å². The average Bonchev–Trinajstić information content (AvgIpc) is 3.12. The quantitative estimate of drug-likeness (QED) is 0.541. The van der Waals surface area contributed by atoms with E-state index >= 15 is 0 Å². The molecule has 126 valence electrons. The lowest BCUT2D eigenvalue weighted by Crippen LogP contribution is -2.11. The van der Waals surface area contributed by atoms with Gasteiger partial charge in [0.15, 0.2) is 5.82 Å². The Bertz CT molecular complexity index is 835. The normalized spacial score (nSPS) is 11.2. The lowest BCUT2D eigenvalue weighted by molar-refractivity contribution is -0.0503. The van der Waals surface area contributed by atoms with Crippen molar-refractivity contribution in [2.75, 3.05) is 5.84 Å². The smallest absolute Gasteiger partial charge is 0.387 e. The molecule has 2 heterocycles. The zero-order valence-corrected chi connectivity index (χ0v) is 13.5. The molecule has 24 heavy (non-hydrogen) atoms. The first-order valence-corrected chi connectivity index (χ1v) is 7.95. The molecule has 1 aromatic carbocycles. The molecule has 0 bridgehead atoms. The molecule has 0 atom stereocenters. The highest BCUT2D eigenvalue weighted by atomic mass is 32.2. The summed E-state index contributed by atoms with van der Waals surface area (Å²) in [6, 6.07) is 8.35. The second-order valence-corrected chi connectivity index (χ2v) is 5.78. The van der Waals surface area contributed by atoms with Gasteiger partial charge in [0, 0.05) is 11.3 Å². The van der Waals surface area contributed by atoms with E-state index in [4.69, 9.17) is 10.3 Å². The third-order valence-electron chi connectivity index (χ3n) is 3.31. The highest BCUT2D eigenvalue weighted by molar-refractivity contribution is 7.98. The van der Waals surface area contributed by atoms with Gasteiger partial charge in [-0.3, -0.25) is 0 Å². The largest absolute Gasteiger partial charge is 0.469 e. The minimum Gasteiger partial charge on any atom is -0.469 e. The van der Waals surface area contributed by atoms with Crippen LogP contribution in [0.1, 0.15) is 11.3 Å². The van der Waals surface area contributed by atoms with E-state index in [2.05, 4.69) is 14.9 Å². The maximum absolute atomic E-state index is 12.4. The molecule has 9 heteroatoms. The van der Waals surface area contributed by atoms with Crippen LogP contribution in [0, 0.1) is 6.92 Å². The Labute approximate surface area is 140 Å². The monoisotopic (exact) mass is 352 g/mol. The van der Waals surface area contributed by atoms with E-state index in [-0.39, 0.29) is 5.75 Å². The maximum Gasteiger partial charge on any atom is 0.387 e. The molecule has 3 aromatic rings. The summed E-state index contributed by atoms with van der Waals surface area (Å²) in [6.45, 7) is -1.07. The number of aromatic nitrogens is 3. The van der Waals surface area contributed by atoms with Gasteiger partial charge in [-0.1, -0.05) is 30.0 Å². The van der Waals surface area contributed by atoms with Crippen LogP contribution in [0.2, 0.25) is 0 Å². The SMILES string of the molecule is Cc1occc1-c1nnc(SCc2ccccc2OC(F)F)n1N. The first-order valence-electron chi connectivity index (χ1n) is 6.96. The first kappa shape index (κ1) is 16.3. The fourth-order valence-corrected chi connectivity index (χ4v) is 3.00. The number of rotatable bonds is 6. The Morgan fingerprint density at radius 1 is 1.29 bits per heavy atom. The number of benzene rings is 1. The van der Waals surface area contributed by atoms with Crippen molar-refractivity contribution in [3.8, 4) is 17.1 Å². The Kier molecular flexibility index (Phi) is 4.70. The second-order valence-electron chi connectivity index (χ2n) is 4.84. The van der Waals surface area contributed by atoms with Crippen LogP contribution < -0.4 is 10.6 Å². The summed E-state index contributed by atoms with van der Waals surface area (Å²) in [5.74, 6) is 7.68. The van der Waals surface area contributed by atoms with Crippen molar-refractivity contribution in [3.63, 3.8) is 0 Å². The van der Waals surface area contributed by atoms with Crippen LogP contribution in [0.15, 0.2) is 46.2 Å². The summed E-state index contributed by atoms with van der Waals surface area (Å²) in [5.41, 5.74) is 1.37. The van der Waals surface area contributed by atoms with Crippen molar-refractivity contribution >= 4 is 11.8 Å². The fraction of sp³-hybridized carbons (Fsp3) is 0.200. The second kappa shape index (κ2) is 6.91. The van der Waals surface area contributed by atoms with E-state index in [1.807, 2.05) is 0 Å². The average molecular weight is 352 g/mol. The third kappa shape index (κ3) is 3.35. The number of nitrogens with zero attached hydrogens (tertiary/aromatic N) is 3. The van der Waals surface area contributed by atoms with Crippen LogP contribution in [0.3, 0.4) is 0 Å². The van der Waals surface area contributed by atoms with Crippen molar-refractivity contribution in [2.45, 2.75) is 24.4 Å². The summed E-state index contributed by atoms with van der Waals surface area (Å²) in [4.78, 5) is 0. The van der Waals surface area contributed by atoms with Crippen molar-refractivity contribution in [1.29, 1.82) is 0 Å². The first-order chi connectivity index (χ1) is 11.6. The molecule has 2 N–H and O–H groups in total. The molecule has 0 saturated heterocycles. The van der Waals surface area contributed by atoms with Crippen LogP contribution in [0.4, 0.5) is 8.78 Å². The van der Waals surface area contributed by atoms with Crippen LogP contribution in [-0.2, 0) is 5.75 Å². The van der Waals surface area contributed by atoms with Gasteiger partial charge in [0.05, 0.1) is 11.8 Å². The van der Waals surface area contributed by atoms with E-state index < -0.39 is 6.61 Å². The van der Waals surface area contributed by atoms with Gasteiger partial charge in [-0.05, 0) is 19.1 Å². The Morgan fingerprint density at radius 2 is 2.08 bits per heavy atom. The molecule has 0 unspecified atom stereocenters. The lowest BCUT2D eigenvalue weighted by Gasteiger charge is -2.10. The molecular weight excluding hydrogens is 338 g/mol. The van der Waals surface area contributed by atoms with Crippen molar-refractivity contribution in [3.05, 3.63) is 47.9 Å². The number of hydrogen-bond acceptors (Lipinski definition) is 6. The van der Waals surface area contributed by atoms with Gasteiger partial charge in [-0.2, -0.15) is 8.78 Å². The van der Waals surface area contributed by atoms with E-state index in [1.54, 1.807) is 37.5 Å². The minimum atomic E-state index is -2.87. The van der Waals surface area contributed by atoms with Crippen LogP contribution in [-0.4, -0.2) is 21.5 Å². The van der Waals surface area contributed by atoms with Crippen molar-refractivity contribution in [1.82, 2.24) is 14.9 Å². The van der Waals surface area contributed by atoms with E-state index in [0.29, 0.717) is 28.1 Å². The molecule has 0 spiro atoms. The molecule has 3 rings (SSSR count).